The van der Waals surface area contributed by atoms with Crippen LogP contribution in [0, 0.1) is 11.3 Å². The third kappa shape index (κ3) is 2.63. The molecule has 0 radical (unpaired) electrons. The van der Waals surface area contributed by atoms with Crippen molar-refractivity contribution in [3.05, 3.63) is 0 Å². The number of ketones is 1. The molecule has 16 heavy (non-hydrogen) atoms. The van der Waals surface area contributed by atoms with Gasteiger partial charge in [0.1, 0.15) is 0 Å². The molecule has 0 aromatic rings. The molecule has 1 fully saturated rings. The molecule has 0 N–H and O–H groups in total. The molecule has 0 aromatic carbocycles. The summed E-state index contributed by atoms with van der Waals surface area (Å²) in [7, 11) is 0. The van der Waals surface area contributed by atoms with Gasteiger partial charge in [-0.15, -0.1) is 0 Å². The van der Waals surface area contributed by atoms with E-state index in [1.165, 1.54) is 0 Å². The lowest BCUT2D eigenvalue weighted by Crippen LogP contribution is -2.57. The number of carbonyl (C=O) groups excluding carboxylic acids is 2. The number of esters is 1. The summed E-state index contributed by atoms with van der Waals surface area (Å²) in [6, 6.07) is 0. The highest BCUT2D eigenvalue weighted by Gasteiger charge is 2.54. The second kappa shape index (κ2) is 4.19. The van der Waals surface area contributed by atoms with Crippen LogP contribution in [0.1, 0.15) is 53.9 Å². The van der Waals surface area contributed by atoms with E-state index in [1.807, 2.05) is 20.8 Å². The summed E-state index contributed by atoms with van der Waals surface area (Å²) in [6.45, 7) is 9.83. The van der Waals surface area contributed by atoms with Gasteiger partial charge in [0, 0.05) is 5.41 Å². The highest BCUT2D eigenvalue weighted by Crippen LogP contribution is 2.39. The van der Waals surface area contributed by atoms with Crippen LogP contribution < -0.4 is 0 Å². The Morgan fingerprint density at radius 1 is 1.44 bits per heavy atom. The Morgan fingerprint density at radius 3 is 2.25 bits per heavy atom. The van der Waals surface area contributed by atoms with Crippen molar-refractivity contribution in [3.8, 4) is 0 Å². The molecule has 1 aliphatic rings. The van der Waals surface area contributed by atoms with Crippen LogP contribution in [-0.4, -0.2) is 17.4 Å². The Bertz CT molecular complexity index is 289. The minimum absolute atomic E-state index is 0.0558. The first kappa shape index (κ1) is 13.2. The van der Waals surface area contributed by atoms with Crippen LogP contribution in [0.3, 0.4) is 0 Å². The van der Waals surface area contributed by atoms with Gasteiger partial charge in [-0.1, -0.05) is 34.6 Å². The van der Waals surface area contributed by atoms with Crippen molar-refractivity contribution in [1.29, 1.82) is 0 Å². The van der Waals surface area contributed by atoms with Crippen molar-refractivity contribution >= 4 is 11.8 Å². The van der Waals surface area contributed by atoms with Crippen LogP contribution >= 0.6 is 0 Å². The SMILES string of the molecule is CC(C)CC[C@]1(C(=O)C(C)(C)C)CC(=O)O1. The van der Waals surface area contributed by atoms with Crippen molar-refractivity contribution in [2.75, 3.05) is 0 Å². The summed E-state index contributed by atoms with van der Waals surface area (Å²) < 4.78 is 5.18. The molecule has 0 unspecified atom stereocenters. The van der Waals surface area contributed by atoms with Gasteiger partial charge in [-0.25, -0.2) is 0 Å². The summed E-state index contributed by atoms with van der Waals surface area (Å²) in [5, 5.41) is 0. The van der Waals surface area contributed by atoms with Gasteiger partial charge in [-0.3, -0.25) is 9.59 Å². The first-order valence-corrected chi connectivity index (χ1v) is 5.94. The lowest BCUT2D eigenvalue weighted by atomic mass is 9.73. The van der Waals surface area contributed by atoms with Crippen LogP contribution in [-0.2, 0) is 14.3 Å². The van der Waals surface area contributed by atoms with Crippen LogP contribution in [0.4, 0.5) is 0 Å². The maximum atomic E-state index is 12.2. The van der Waals surface area contributed by atoms with E-state index in [0.29, 0.717) is 12.3 Å². The molecule has 0 aliphatic carbocycles. The maximum absolute atomic E-state index is 12.2. The summed E-state index contributed by atoms with van der Waals surface area (Å²) in [4.78, 5) is 23.3. The number of rotatable bonds is 4. The fraction of sp³-hybridized carbons (Fsp3) is 0.846. The summed E-state index contributed by atoms with van der Waals surface area (Å²) in [5.41, 5.74) is -1.27. The van der Waals surface area contributed by atoms with Crippen LogP contribution in [0.5, 0.6) is 0 Å². The summed E-state index contributed by atoms with van der Waals surface area (Å²) >= 11 is 0. The standard InChI is InChI=1S/C13H22O3/c1-9(2)6-7-13(8-10(14)16-13)11(15)12(3,4)5/h9H,6-8H2,1-5H3/t13-/m1/s1. The average Bonchev–Trinajstić information content (AvgIpc) is 2.07. The smallest absolute Gasteiger partial charge is 0.311 e. The molecule has 1 heterocycles. The van der Waals surface area contributed by atoms with Gasteiger partial charge in [0.25, 0.3) is 0 Å². The van der Waals surface area contributed by atoms with E-state index in [1.54, 1.807) is 0 Å². The van der Waals surface area contributed by atoms with E-state index in [2.05, 4.69) is 13.8 Å². The normalized spacial score (nSPS) is 25.2. The zero-order valence-corrected chi connectivity index (χ0v) is 10.9. The number of Topliss-reactive ketones (excluding diaryl/α,β-unsaturated/α-hetero) is 1. The number of carbonyl (C=O) groups is 2. The summed E-state index contributed by atoms with van der Waals surface area (Å²) in [5.74, 6) is 0.325. The molecule has 0 spiro atoms. The fourth-order valence-corrected chi connectivity index (χ4v) is 2.03. The molecule has 1 rings (SSSR count). The third-order valence-electron chi connectivity index (χ3n) is 2.96. The number of ether oxygens (including phenoxy) is 1. The van der Waals surface area contributed by atoms with Crippen LogP contribution in [0.15, 0.2) is 0 Å². The molecule has 1 atom stereocenters. The van der Waals surface area contributed by atoms with Gasteiger partial charge >= 0.3 is 5.97 Å². The number of hydrogen-bond donors (Lipinski definition) is 0. The van der Waals surface area contributed by atoms with E-state index < -0.39 is 11.0 Å². The molecule has 1 aliphatic heterocycles. The predicted molar refractivity (Wildman–Crippen MR) is 62.0 cm³/mol. The van der Waals surface area contributed by atoms with Gasteiger partial charge in [0.05, 0.1) is 6.42 Å². The summed E-state index contributed by atoms with van der Waals surface area (Å²) in [6.07, 6.45) is 1.83. The molecule has 92 valence electrons. The molecule has 1 saturated heterocycles. The Labute approximate surface area is 97.5 Å². The highest BCUT2D eigenvalue weighted by atomic mass is 16.6. The van der Waals surface area contributed by atoms with Crippen molar-refractivity contribution in [2.45, 2.75) is 59.5 Å². The molecular weight excluding hydrogens is 204 g/mol. The van der Waals surface area contributed by atoms with Gasteiger partial charge in [0.2, 0.25) is 0 Å². The van der Waals surface area contributed by atoms with E-state index in [9.17, 15) is 9.59 Å². The Balaban J connectivity index is 2.74. The topological polar surface area (TPSA) is 43.4 Å². The lowest BCUT2D eigenvalue weighted by molar-refractivity contribution is -0.199. The van der Waals surface area contributed by atoms with E-state index in [-0.39, 0.29) is 18.2 Å². The van der Waals surface area contributed by atoms with E-state index >= 15 is 0 Å². The van der Waals surface area contributed by atoms with Gasteiger partial charge < -0.3 is 4.74 Å². The Kier molecular flexibility index (Phi) is 3.46. The maximum Gasteiger partial charge on any atom is 0.311 e. The molecule has 3 nitrogen and oxygen atoms in total. The number of cyclic esters (lactones) is 1. The second-order valence-electron chi connectivity index (χ2n) is 6.16. The first-order valence-electron chi connectivity index (χ1n) is 5.94. The minimum Gasteiger partial charge on any atom is -0.450 e. The Hall–Kier alpha value is -0.860. The third-order valence-corrected chi connectivity index (χ3v) is 2.96. The monoisotopic (exact) mass is 226 g/mol. The largest absolute Gasteiger partial charge is 0.450 e. The average molecular weight is 226 g/mol. The number of hydrogen-bond acceptors (Lipinski definition) is 3. The molecular formula is C13H22O3. The molecule has 0 saturated carbocycles. The lowest BCUT2D eigenvalue weighted by Gasteiger charge is -2.42. The van der Waals surface area contributed by atoms with E-state index in [0.717, 1.165) is 6.42 Å². The minimum atomic E-state index is -0.820. The first-order chi connectivity index (χ1) is 7.17. The zero-order valence-electron chi connectivity index (χ0n) is 10.9. The molecule has 0 aromatic heterocycles. The molecule has 3 heteroatoms. The van der Waals surface area contributed by atoms with Gasteiger partial charge in [-0.2, -0.15) is 0 Å². The predicted octanol–water partition coefficient (Wildman–Crippen LogP) is 2.72. The molecule has 0 bridgehead atoms. The van der Waals surface area contributed by atoms with Crippen molar-refractivity contribution in [3.63, 3.8) is 0 Å². The second-order valence-corrected chi connectivity index (χ2v) is 6.16. The van der Waals surface area contributed by atoms with Gasteiger partial charge in [-0.05, 0) is 18.8 Å². The highest BCUT2D eigenvalue weighted by molar-refractivity contribution is 6.00. The van der Waals surface area contributed by atoms with Crippen molar-refractivity contribution in [1.82, 2.24) is 0 Å². The van der Waals surface area contributed by atoms with Gasteiger partial charge in [0.15, 0.2) is 11.4 Å². The zero-order chi connectivity index (χ0) is 12.6. The molecule has 0 amide bonds. The fourth-order valence-electron chi connectivity index (χ4n) is 2.03. The van der Waals surface area contributed by atoms with Crippen molar-refractivity contribution in [2.24, 2.45) is 11.3 Å². The Morgan fingerprint density at radius 2 is 1.94 bits per heavy atom. The van der Waals surface area contributed by atoms with Crippen LogP contribution in [0.25, 0.3) is 0 Å². The van der Waals surface area contributed by atoms with Crippen LogP contribution in [0.2, 0.25) is 0 Å². The van der Waals surface area contributed by atoms with E-state index in [4.69, 9.17) is 4.74 Å². The quantitative estimate of drug-likeness (QED) is 0.692. The van der Waals surface area contributed by atoms with Crippen molar-refractivity contribution < 1.29 is 14.3 Å².